The van der Waals surface area contributed by atoms with Crippen LogP contribution in [0.2, 0.25) is 0 Å². The Kier molecular flexibility index (Phi) is 5.47. The van der Waals surface area contributed by atoms with Crippen molar-refractivity contribution in [3.63, 3.8) is 0 Å². The Balaban J connectivity index is 1.97. The van der Waals surface area contributed by atoms with Crippen LogP contribution < -0.4 is 5.32 Å². The van der Waals surface area contributed by atoms with Crippen LogP contribution in [0.1, 0.15) is 49.7 Å². The molecule has 4 nitrogen and oxygen atoms in total. The third kappa shape index (κ3) is 4.25. The lowest BCUT2D eigenvalue weighted by atomic mass is 9.79. The van der Waals surface area contributed by atoms with Crippen molar-refractivity contribution in [2.45, 2.75) is 58.9 Å². The van der Waals surface area contributed by atoms with E-state index in [0.29, 0.717) is 6.42 Å². The number of aromatic nitrogens is 2. The molecule has 4 heteroatoms. The third-order valence-corrected chi connectivity index (χ3v) is 4.78. The lowest BCUT2D eigenvalue weighted by molar-refractivity contribution is -0.121. The fourth-order valence-corrected chi connectivity index (χ4v) is 3.38. The number of benzene rings is 1. The second kappa shape index (κ2) is 7.20. The number of hydrogen-bond acceptors (Lipinski definition) is 2. The number of carbonyl (C=O) groups excluding carboxylic acids is 1. The Hall–Kier alpha value is -2.10. The molecule has 0 unspecified atom stereocenters. The van der Waals surface area contributed by atoms with Gasteiger partial charge in [-0.05, 0) is 38.2 Å². The van der Waals surface area contributed by atoms with Gasteiger partial charge in [-0.25, -0.2) is 0 Å². The van der Waals surface area contributed by atoms with Crippen LogP contribution in [0.15, 0.2) is 30.3 Å². The molecule has 0 saturated carbocycles. The Morgan fingerprint density at radius 1 is 1.25 bits per heavy atom. The zero-order chi connectivity index (χ0) is 17.9. The van der Waals surface area contributed by atoms with Crippen molar-refractivity contribution in [3.8, 4) is 0 Å². The van der Waals surface area contributed by atoms with Gasteiger partial charge < -0.3 is 5.32 Å². The van der Waals surface area contributed by atoms with Gasteiger partial charge in [0.15, 0.2) is 0 Å². The topological polar surface area (TPSA) is 46.9 Å². The molecule has 24 heavy (non-hydrogen) atoms. The molecule has 1 heterocycles. The van der Waals surface area contributed by atoms with E-state index >= 15 is 0 Å². The molecule has 0 aliphatic carbocycles. The van der Waals surface area contributed by atoms with E-state index in [2.05, 4.69) is 55.5 Å². The molecule has 0 aliphatic heterocycles. The normalized spacial score (nSPS) is 12.9. The van der Waals surface area contributed by atoms with Crippen LogP contribution in [0.5, 0.6) is 0 Å². The van der Waals surface area contributed by atoms with Gasteiger partial charge in [0.2, 0.25) is 5.91 Å². The predicted octanol–water partition coefficient (Wildman–Crippen LogP) is 3.45. The first-order valence-corrected chi connectivity index (χ1v) is 8.54. The second-order valence-corrected chi connectivity index (χ2v) is 7.37. The molecule has 1 aromatic heterocycles. The highest BCUT2D eigenvalue weighted by atomic mass is 16.1. The number of rotatable bonds is 6. The van der Waals surface area contributed by atoms with Gasteiger partial charge in [0, 0.05) is 24.3 Å². The Bertz CT molecular complexity index is 701. The Morgan fingerprint density at radius 2 is 1.88 bits per heavy atom. The van der Waals surface area contributed by atoms with E-state index < -0.39 is 0 Å². The minimum absolute atomic E-state index is 0.0219. The molecule has 2 aromatic rings. The maximum absolute atomic E-state index is 12.4. The summed E-state index contributed by atoms with van der Waals surface area (Å²) in [6, 6.07) is 10.6. The van der Waals surface area contributed by atoms with Crippen molar-refractivity contribution in [1.82, 2.24) is 15.1 Å². The van der Waals surface area contributed by atoms with Gasteiger partial charge in [-0.1, -0.05) is 44.2 Å². The molecule has 1 N–H and O–H groups in total. The van der Waals surface area contributed by atoms with Crippen molar-refractivity contribution in [1.29, 1.82) is 0 Å². The SMILES string of the molecule is Cc1nn(C)c(C)c1CC(=O)N[C@H](C)CC(C)(C)c1ccccc1. The summed E-state index contributed by atoms with van der Waals surface area (Å²) in [4.78, 5) is 12.4. The van der Waals surface area contributed by atoms with Gasteiger partial charge in [0.05, 0.1) is 12.1 Å². The summed E-state index contributed by atoms with van der Waals surface area (Å²) in [5.41, 5.74) is 4.34. The van der Waals surface area contributed by atoms with Crippen molar-refractivity contribution >= 4 is 5.91 Å². The van der Waals surface area contributed by atoms with Gasteiger partial charge in [-0.3, -0.25) is 9.48 Å². The van der Waals surface area contributed by atoms with E-state index in [4.69, 9.17) is 0 Å². The zero-order valence-electron chi connectivity index (χ0n) is 15.7. The van der Waals surface area contributed by atoms with Gasteiger partial charge >= 0.3 is 0 Å². The number of hydrogen-bond donors (Lipinski definition) is 1. The monoisotopic (exact) mass is 327 g/mol. The van der Waals surface area contributed by atoms with Gasteiger partial charge in [-0.2, -0.15) is 5.10 Å². The average molecular weight is 327 g/mol. The molecule has 1 aromatic carbocycles. The minimum atomic E-state index is 0.0219. The molecule has 0 fully saturated rings. The fourth-order valence-electron chi connectivity index (χ4n) is 3.38. The van der Waals surface area contributed by atoms with E-state index in [0.717, 1.165) is 23.4 Å². The lowest BCUT2D eigenvalue weighted by Gasteiger charge is -2.29. The van der Waals surface area contributed by atoms with Crippen molar-refractivity contribution in [2.24, 2.45) is 7.05 Å². The van der Waals surface area contributed by atoms with E-state index in [1.165, 1.54) is 5.56 Å². The largest absolute Gasteiger partial charge is 0.353 e. The number of aryl methyl sites for hydroxylation is 2. The maximum Gasteiger partial charge on any atom is 0.224 e. The fraction of sp³-hybridized carbons (Fsp3) is 0.500. The highest BCUT2D eigenvalue weighted by Gasteiger charge is 2.24. The highest BCUT2D eigenvalue weighted by molar-refractivity contribution is 5.79. The summed E-state index contributed by atoms with van der Waals surface area (Å²) in [6.45, 7) is 10.5. The number of carbonyl (C=O) groups is 1. The van der Waals surface area contributed by atoms with Crippen LogP contribution in [0.3, 0.4) is 0 Å². The summed E-state index contributed by atoms with van der Waals surface area (Å²) in [5.74, 6) is 0.0607. The first-order valence-electron chi connectivity index (χ1n) is 8.54. The molecule has 1 atom stereocenters. The smallest absolute Gasteiger partial charge is 0.224 e. The van der Waals surface area contributed by atoms with E-state index in [1.54, 1.807) is 0 Å². The van der Waals surface area contributed by atoms with Crippen molar-refractivity contribution < 1.29 is 4.79 Å². The molecule has 130 valence electrons. The predicted molar refractivity (Wildman–Crippen MR) is 98.1 cm³/mol. The molecule has 0 radical (unpaired) electrons. The summed E-state index contributed by atoms with van der Waals surface area (Å²) in [7, 11) is 1.91. The molecule has 0 aliphatic rings. The molecule has 2 rings (SSSR count). The molecule has 0 bridgehead atoms. The highest BCUT2D eigenvalue weighted by Crippen LogP contribution is 2.28. The molecular weight excluding hydrogens is 298 g/mol. The minimum Gasteiger partial charge on any atom is -0.353 e. The molecule has 0 spiro atoms. The first kappa shape index (κ1) is 18.2. The van der Waals surface area contributed by atoms with Crippen LogP contribution in [0.25, 0.3) is 0 Å². The van der Waals surface area contributed by atoms with Gasteiger partial charge in [-0.15, -0.1) is 0 Å². The summed E-state index contributed by atoms with van der Waals surface area (Å²) < 4.78 is 1.83. The van der Waals surface area contributed by atoms with Crippen LogP contribution in [-0.4, -0.2) is 21.7 Å². The van der Waals surface area contributed by atoms with Crippen molar-refractivity contribution in [3.05, 3.63) is 52.8 Å². The van der Waals surface area contributed by atoms with Crippen LogP contribution in [0.4, 0.5) is 0 Å². The molecule has 0 saturated heterocycles. The maximum atomic E-state index is 12.4. The van der Waals surface area contributed by atoms with Crippen LogP contribution in [0, 0.1) is 13.8 Å². The standard InChI is InChI=1S/C20H29N3O/c1-14(13-20(4,5)17-10-8-7-9-11-17)21-19(24)12-18-15(2)22-23(6)16(18)3/h7-11,14H,12-13H2,1-6H3,(H,21,24)/t14-/m1/s1. The van der Waals surface area contributed by atoms with Gasteiger partial charge in [0.25, 0.3) is 0 Å². The van der Waals surface area contributed by atoms with Gasteiger partial charge in [0.1, 0.15) is 0 Å². The summed E-state index contributed by atoms with van der Waals surface area (Å²) in [5, 5.41) is 7.52. The molecular formula is C20H29N3O. The Labute approximate surface area is 145 Å². The summed E-state index contributed by atoms with van der Waals surface area (Å²) >= 11 is 0. The van der Waals surface area contributed by atoms with E-state index in [-0.39, 0.29) is 17.4 Å². The van der Waals surface area contributed by atoms with Crippen LogP contribution in [-0.2, 0) is 23.7 Å². The average Bonchev–Trinajstić information content (AvgIpc) is 2.74. The number of amides is 1. The first-order chi connectivity index (χ1) is 11.2. The quantitative estimate of drug-likeness (QED) is 0.883. The number of nitrogens with one attached hydrogen (secondary N) is 1. The van der Waals surface area contributed by atoms with E-state index in [1.807, 2.05) is 31.6 Å². The number of nitrogens with zero attached hydrogens (tertiary/aromatic N) is 2. The lowest BCUT2D eigenvalue weighted by Crippen LogP contribution is -2.38. The van der Waals surface area contributed by atoms with Crippen molar-refractivity contribution in [2.75, 3.05) is 0 Å². The molecule has 1 amide bonds. The summed E-state index contributed by atoms with van der Waals surface area (Å²) in [6.07, 6.45) is 1.29. The van der Waals surface area contributed by atoms with E-state index in [9.17, 15) is 4.79 Å². The third-order valence-electron chi connectivity index (χ3n) is 4.78. The Morgan fingerprint density at radius 3 is 2.42 bits per heavy atom. The second-order valence-electron chi connectivity index (χ2n) is 7.37. The zero-order valence-corrected chi connectivity index (χ0v) is 15.7. The van der Waals surface area contributed by atoms with Crippen LogP contribution >= 0.6 is 0 Å².